The highest BCUT2D eigenvalue weighted by atomic mass is 19.1. The molecule has 0 spiro atoms. The zero-order valence-corrected chi connectivity index (χ0v) is 14.6. The standard InChI is InChI=1S/C20H20FN3O2/c1-14-5-3-8-17(11-14)26-13-18(25)23-19(20-22-9-10-24(20)2)15-6-4-7-16(21)12-15/h3-12,19H,13H2,1-2H3,(H,23,25)/t19-/m0/s1. The van der Waals surface area contributed by atoms with Gasteiger partial charge in [-0.05, 0) is 42.3 Å². The molecule has 1 heterocycles. The van der Waals surface area contributed by atoms with Crippen LogP contribution in [0.2, 0.25) is 0 Å². The topological polar surface area (TPSA) is 56.1 Å². The Bertz CT molecular complexity index is 907. The van der Waals surface area contributed by atoms with E-state index in [0.29, 0.717) is 17.1 Å². The van der Waals surface area contributed by atoms with Crippen LogP contribution in [0.1, 0.15) is 23.0 Å². The number of aromatic nitrogens is 2. The summed E-state index contributed by atoms with van der Waals surface area (Å²) in [6.45, 7) is 1.81. The number of nitrogens with zero attached hydrogens (tertiary/aromatic N) is 2. The maximum atomic E-state index is 13.6. The normalized spacial score (nSPS) is 11.8. The van der Waals surface area contributed by atoms with Crippen molar-refractivity contribution in [3.63, 3.8) is 0 Å². The number of halogens is 1. The van der Waals surface area contributed by atoms with E-state index >= 15 is 0 Å². The number of hydrogen-bond donors (Lipinski definition) is 1. The van der Waals surface area contributed by atoms with E-state index in [4.69, 9.17) is 4.74 Å². The van der Waals surface area contributed by atoms with Crippen LogP contribution in [0.3, 0.4) is 0 Å². The quantitative estimate of drug-likeness (QED) is 0.741. The Labute approximate surface area is 151 Å². The molecule has 6 heteroatoms. The Morgan fingerprint density at radius 1 is 1.27 bits per heavy atom. The molecule has 1 N–H and O–H groups in total. The number of aryl methyl sites for hydroxylation is 2. The molecule has 1 atom stereocenters. The van der Waals surface area contributed by atoms with Crippen LogP contribution in [0, 0.1) is 12.7 Å². The number of amides is 1. The predicted octanol–water partition coefficient (Wildman–Crippen LogP) is 3.15. The third kappa shape index (κ3) is 4.27. The first kappa shape index (κ1) is 17.7. The highest BCUT2D eigenvalue weighted by Gasteiger charge is 2.21. The summed E-state index contributed by atoms with van der Waals surface area (Å²) in [5, 5.41) is 2.87. The van der Waals surface area contributed by atoms with Gasteiger partial charge in [0.25, 0.3) is 5.91 Å². The van der Waals surface area contributed by atoms with E-state index in [2.05, 4.69) is 10.3 Å². The molecule has 2 aromatic carbocycles. The monoisotopic (exact) mass is 353 g/mol. The van der Waals surface area contributed by atoms with Gasteiger partial charge in [0.05, 0.1) is 0 Å². The summed E-state index contributed by atoms with van der Waals surface area (Å²) in [4.78, 5) is 16.7. The summed E-state index contributed by atoms with van der Waals surface area (Å²) >= 11 is 0. The molecule has 1 amide bonds. The first-order valence-corrected chi connectivity index (χ1v) is 8.24. The van der Waals surface area contributed by atoms with Gasteiger partial charge in [-0.2, -0.15) is 0 Å². The molecule has 1 aromatic heterocycles. The molecule has 0 unspecified atom stereocenters. The molecule has 0 aliphatic carbocycles. The van der Waals surface area contributed by atoms with Gasteiger partial charge in [0.1, 0.15) is 23.4 Å². The zero-order valence-electron chi connectivity index (χ0n) is 14.6. The molecule has 3 aromatic rings. The molecule has 0 saturated heterocycles. The lowest BCUT2D eigenvalue weighted by Gasteiger charge is -2.19. The highest BCUT2D eigenvalue weighted by molar-refractivity contribution is 5.78. The summed E-state index contributed by atoms with van der Waals surface area (Å²) in [5.41, 5.74) is 1.66. The fourth-order valence-electron chi connectivity index (χ4n) is 2.70. The molecule has 5 nitrogen and oxygen atoms in total. The SMILES string of the molecule is Cc1cccc(OCC(=O)N[C@@H](c2cccc(F)c2)c2nccn2C)c1. The van der Waals surface area contributed by atoms with Crippen LogP contribution < -0.4 is 10.1 Å². The van der Waals surface area contributed by atoms with Gasteiger partial charge < -0.3 is 14.6 Å². The first-order chi connectivity index (χ1) is 12.5. The molecule has 0 bridgehead atoms. The fraction of sp³-hybridized carbons (Fsp3) is 0.200. The van der Waals surface area contributed by atoms with Crippen LogP contribution in [0.15, 0.2) is 60.9 Å². The summed E-state index contributed by atoms with van der Waals surface area (Å²) in [6.07, 6.45) is 3.41. The fourth-order valence-corrected chi connectivity index (χ4v) is 2.70. The zero-order chi connectivity index (χ0) is 18.5. The van der Waals surface area contributed by atoms with E-state index in [1.165, 1.54) is 12.1 Å². The number of hydrogen-bond acceptors (Lipinski definition) is 3. The number of benzene rings is 2. The average Bonchev–Trinajstić information content (AvgIpc) is 3.04. The van der Waals surface area contributed by atoms with E-state index in [1.807, 2.05) is 32.2 Å². The van der Waals surface area contributed by atoms with Crippen molar-refractivity contribution in [2.24, 2.45) is 7.05 Å². The van der Waals surface area contributed by atoms with E-state index in [1.54, 1.807) is 35.2 Å². The summed E-state index contributed by atoms with van der Waals surface area (Å²) in [7, 11) is 1.82. The smallest absolute Gasteiger partial charge is 0.258 e. The third-order valence-electron chi connectivity index (χ3n) is 3.96. The van der Waals surface area contributed by atoms with Crippen LogP contribution in [0.4, 0.5) is 4.39 Å². The first-order valence-electron chi connectivity index (χ1n) is 8.24. The van der Waals surface area contributed by atoms with Gasteiger partial charge in [0.15, 0.2) is 6.61 Å². The largest absolute Gasteiger partial charge is 0.484 e. The number of rotatable bonds is 6. The van der Waals surface area contributed by atoms with Crippen LogP contribution >= 0.6 is 0 Å². The minimum atomic E-state index is -0.570. The summed E-state index contributed by atoms with van der Waals surface area (Å²) in [6, 6.07) is 13.0. The number of imidazole rings is 1. The lowest BCUT2D eigenvalue weighted by Crippen LogP contribution is -2.34. The second kappa shape index (κ2) is 7.82. The van der Waals surface area contributed by atoms with Crippen molar-refractivity contribution in [3.05, 3.63) is 83.7 Å². The Kier molecular flexibility index (Phi) is 5.31. The van der Waals surface area contributed by atoms with Gasteiger partial charge in [-0.25, -0.2) is 9.37 Å². The molecule has 0 aliphatic rings. The number of carbonyl (C=O) groups excluding carboxylic acids is 1. The number of carbonyl (C=O) groups is 1. The molecule has 0 aliphatic heterocycles. The molecular weight excluding hydrogens is 333 g/mol. The summed E-state index contributed by atoms with van der Waals surface area (Å²) in [5.74, 6) is 0.551. The van der Waals surface area contributed by atoms with Crippen molar-refractivity contribution >= 4 is 5.91 Å². The third-order valence-corrected chi connectivity index (χ3v) is 3.96. The molecule has 0 fully saturated rings. The lowest BCUT2D eigenvalue weighted by atomic mass is 10.1. The molecule has 134 valence electrons. The average molecular weight is 353 g/mol. The molecular formula is C20H20FN3O2. The van der Waals surface area contributed by atoms with Crippen molar-refractivity contribution in [3.8, 4) is 5.75 Å². The Balaban J connectivity index is 1.75. The Morgan fingerprint density at radius 3 is 2.77 bits per heavy atom. The maximum Gasteiger partial charge on any atom is 0.258 e. The van der Waals surface area contributed by atoms with Crippen molar-refractivity contribution in [2.75, 3.05) is 6.61 Å². The van der Waals surface area contributed by atoms with Crippen LogP contribution in [-0.4, -0.2) is 22.1 Å². The van der Waals surface area contributed by atoms with E-state index in [-0.39, 0.29) is 18.3 Å². The minimum absolute atomic E-state index is 0.139. The van der Waals surface area contributed by atoms with Gasteiger partial charge in [-0.3, -0.25) is 4.79 Å². The number of nitrogens with one attached hydrogen (secondary N) is 1. The highest BCUT2D eigenvalue weighted by Crippen LogP contribution is 2.21. The molecule has 3 rings (SSSR count). The molecule has 0 saturated carbocycles. The predicted molar refractivity (Wildman–Crippen MR) is 96.3 cm³/mol. The van der Waals surface area contributed by atoms with Crippen LogP contribution in [0.25, 0.3) is 0 Å². The van der Waals surface area contributed by atoms with E-state index in [9.17, 15) is 9.18 Å². The van der Waals surface area contributed by atoms with Gasteiger partial charge in [-0.15, -0.1) is 0 Å². The van der Waals surface area contributed by atoms with E-state index < -0.39 is 6.04 Å². The van der Waals surface area contributed by atoms with Crippen molar-refractivity contribution in [1.82, 2.24) is 14.9 Å². The number of ether oxygens (including phenoxy) is 1. The van der Waals surface area contributed by atoms with Crippen molar-refractivity contribution < 1.29 is 13.9 Å². The molecule has 26 heavy (non-hydrogen) atoms. The van der Waals surface area contributed by atoms with Gasteiger partial charge >= 0.3 is 0 Å². The van der Waals surface area contributed by atoms with Crippen LogP contribution in [0.5, 0.6) is 5.75 Å². The van der Waals surface area contributed by atoms with E-state index in [0.717, 1.165) is 5.56 Å². The van der Waals surface area contributed by atoms with Crippen molar-refractivity contribution in [1.29, 1.82) is 0 Å². The van der Waals surface area contributed by atoms with Gasteiger partial charge in [0, 0.05) is 19.4 Å². The van der Waals surface area contributed by atoms with Crippen molar-refractivity contribution in [2.45, 2.75) is 13.0 Å². The Hall–Kier alpha value is -3.15. The minimum Gasteiger partial charge on any atom is -0.484 e. The molecule has 0 radical (unpaired) electrons. The second-order valence-electron chi connectivity index (χ2n) is 6.06. The van der Waals surface area contributed by atoms with Gasteiger partial charge in [0.2, 0.25) is 0 Å². The Morgan fingerprint density at radius 2 is 2.08 bits per heavy atom. The van der Waals surface area contributed by atoms with Gasteiger partial charge in [-0.1, -0.05) is 24.3 Å². The lowest BCUT2D eigenvalue weighted by molar-refractivity contribution is -0.123. The summed E-state index contributed by atoms with van der Waals surface area (Å²) < 4.78 is 21.0. The van der Waals surface area contributed by atoms with Crippen LogP contribution in [-0.2, 0) is 11.8 Å². The maximum absolute atomic E-state index is 13.6. The second-order valence-corrected chi connectivity index (χ2v) is 6.06.